The van der Waals surface area contributed by atoms with E-state index < -0.39 is 42.9 Å². The largest absolute Gasteiger partial charge is 0.507 e. The number of nitrogens with zero attached hydrogens (tertiary/aromatic N) is 3. The second-order valence-electron chi connectivity index (χ2n) is 13.7. The SMILES string of the molecule is CN.COC(=O)c1ccccc1O.N#CCNC(=O)c1ccccc1OC(F)F.NNC(=O)c1ccccc1O.O=C(NCc1nc(-c2ccccc2O)n[nH]1)c1ccccc1OC(F)F.O=C(O)c1ccccc1O. The van der Waals surface area contributed by atoms with Crippen molar-refractivity contribution in [2.24, 2.45) is 11.6 Å². The lowest BCUT2D eigenvalue weighted by atomic mass is 10.2. The quantitative estimate of drug-likeness (QED) is 0.0155. The van der Waals surface area contributed by atoms with Gasteiger partial charge < -0.3 is 56.1 Å². The molecule has 0 saturated heterocycles. The van der Waals surface area contributed by atoms with Gasteiger partial charge in [0, 0.05) is 0 Å². The second-order valence-corrected chi connectivity index (χ2v) is 13.7. The van der Waals surface area contributed by atoms with Gasteiger partial charge >= 0.3 is 25.2 Å². The first-order chi connectivity index (χ1) is 36.4. The fraction of sp³-hybridized carbons (Fsp3) is 0.120. The number of halogens is 4. The van der Waals surface area contributed by atoms with Crippen molar-refractivity contribution in [3.8, 4) is 52.0 Å². The first kappa shape index (κ1) is 61.9. The lowest BCUT2D eigenvalue weighted by Gasteiger charge is -2.10. The molecule has 0 aliphatic heterocycles. The number of rotatable bonds is 13. The summed E-state index contributed by atoms with van der Waals surface area (Å²) in [5.41, 5.74) is 7.11. The number of nitrogen functional groups attached to an aromatic ring is 1. The minimum Gasteiger partial charge on any atom is -0.507 e. The maximum absolute atomic E-state index is 12.4. The molecular formula is C50H49F4N9O13. The number of methoxy groups -OCH3 is 1. The number of amides is 3. The van der Waals surface area contributed by atoms with Gasteiger partial charge in [-0.3, -0.25) is 24.9 Å². The van der Waals surface area contributed by atoms with Crippen molar-refractivity contribution in [3.05, 3.63) is 179 Å². The molecule has 1 heterocycles. The summed E-state index contributed by atoms with van der Waals surface area (Å²) in [4.78, 5) is 59.8. The number of nitrogens with one attached hydrogen (secondary N) is 4. The number of nitrogens with two attached hydrogens (primary N) is 2. The summed E-state index contributed by atoms with van der Waals surface area (Å²) in [6.45, 7) is -6.23. The fourth-order valence-electron chi connectivity index (χ4n) is 5.49. The topological polar surface area (TPSA) is 368 Å². The molecule has 0 aliphatic rings. The van der Waals surface area contributed by atoms with Gasteiger partial charge in [-0.15, -0.1) is 0 Å². The summed E-state index contributed by atoms with van der Waals surface area (Å²) in [6, 6.07) is 37.8. The molecule has 6 aromatic carbocycles. The first-order valence-corrected chi connectivity index (χ1v) is 21.4. The number of hydrogen-bond donors (Lipinski definition) is 11. The average Bonchev–Trinajstić information content (AvgIpc) is 3.89. The molecule has 0 bridgehead atoms. The zero-order valence-corrected chi connectivity index (χ0v) is 39.9. The molecule has 0 fully saturated rings. The summed E-state index contributed by atoms with van der Waals surface area (Å²) in [7, 11) is 2.77. The van der Waals surface area contributed by atoms with E-state index in [4.69, 9.17) is 31.5 Å². The Morgan fingerprint density at radius 2 is 1.01 bits per heavy atom. The predicted molar refractivity (Wildman–Crippen MR) is 263 cm³/mol. The van der Waals surface area contributed by atoms with E-state index in [1.165, 1.54) is 105 Å². The molecule has 3 amide bonds. The first-order valence-electron chi connectivity index (χ1n) is 21.4. The summed E-state index contributed by atoms with van der Waals surface area (Å²) in [6.07, 6.45) is 0. The minimum absolute atomic E-state index is 0.0115. The number of benzene rings is 6. The average molecular weight is 1060 g/mol. The van der Waals surface area contributed by atoms with Gasteiger partial charge in [-0.05, 0) is 79.8 Å². The lowest BCUT2D eigenvalue weighted by Crippen LogP contribution is -2.29. The molecule has 0 unspecified atom stereocenters. The maximum Gasteiger partial charge on any atom is 0.387 e. The number of hydrogen-bond acceptors (Lipinski definition) is 17. The molecule has 7 aromatic rings. The van der Waals surface area contributed by atoms with Crippen molar-refractivity contribution < 1.29 is 81.3 Å². The van der Waals surface area contributed by atoms with Crippen LogP contribution in [0.1, 0.15) is 57.6 Å². The van der Waals surface area contributed by atoms with Gasteiger partial charge in [0.25, 0.3) is 17.7 Å². The number of aromatic amines is 1. The van der Waals surface area contributed by atoms with Gasteiger partial charge in [0.05, 0.1) is 42.0 Å². The van der Waals surface area contributed by atoms with E-state index in [0.29, 0.717) is 11.4 Å². The molecule has 22 nitrogen and oxygen atoms in total. The van der Waals surface area contributed by atoms with E-state index in [9.17, 15) is 46.6 Å². The Hall–Kier alpha value is -10.3. The van der Waals surface area contributed by atoms with E-state index in [2.05, 4.69) is 45.8 Å². The number of aromatic carboxylic acids is 1. The van der Waals surface area contributed by atoms with Gasteiger partial charge in [-0.1, -0.05) is 72.8 Å². The van der Waals surface area contributed by atoms with Crippen LogP contribution < -0.4 is 37.1 Å². The van der Waals surface area contributed by atoms with Crippen LogP contribution in [0.25, 0.3) is 11.4 Å². The molecule has 26 heteroatoms. The number of esters is 1. The van der Waals surface area contributed by atoms with Crippen LogP contribution in [0.15, 0.2) is 146 Å². The zero-order chi connectivity index (χ0) is 56.6. The number of carbonyl (C=O) groups excluding carboxylic acids is 4. The zero-order valence-electron chi connectivity index (χ0n) is 39.9. The number of hydrazine groups is 1. The summed E-state index contributed by atoms with van der Waals surface area (Å²) in [5, 5.41) is 65.0. The van der Waals surface area contributed by atoms with Crippen LogP contribution in [-0.4, -0.2) is 104 Å². The van der Waals surface area contributed by atoms with Crippen LogP contribution in [-0.2, 0) is 11.3 Å². The van der Waals surface area contributed by atoms with Crippen molar-refractivity contribution in [2.45, 2.75) is 19.8 Å². The number of phenolic OH excluding ortho intramolecular Hbond substituents is 3. The number of carbonyl (C=O) groups is 5. The predicted octanol–water partition coefficient (Wildman–Crippen LogP) is 6.09. The second kappa shape index (κ2) is 33.4. The lowest BCUT2D eigenvalue weighted by molar-refractivity contribution is -0.0509. The van der Waals surface area contributed by atoms with Gasteiger partial charge in [0.1, 0.15) is 58.0 Å². The van der Waals surface area contributed by atoms with Gasteiger partial charge in [0.2, 0.25) is 0 Å². The smallest absolute Gasteiger partial charge is 0.387 e. The molecule has 0 radical (unpaired) electrons. The van der Waals surface area contributed by atoms with Crippen LogP contribution in [0.2, 0.25) is 0 Å². The number of para-hydroxylation sites is 6. The van der Waals surface area contributed by atoms with Gasteiger partial charge in [0.15, 0.2) is 5.82 Å². The Balaban J connectivity index is 0.000000341. The van der Waals surface area contributed by atoms with Crippen LogP contribution in [0.4, 0.5) is 17.6 Å². The van der Waals surface area contributed by atoms with E-state index in [1.807, 2.05) is 5.43 Å². The molecule has 7 rings (SSSR count). The summed E-state index contributed by atoms with van der Waals surface area (Å²) in [5.74, 6) is 1.38. The summed E-state index contributed by atoms with van der Waals surface area (Å²) >= 11 is 0. The van der Waals surface area contributed by atoms with Crippen LogP contribution in [0, 0.1) is 11.3 Å². The fourth-order valence-corrected chi connectivity index (χ4v) is 5.49. The molecule has 13 N–H and O–H groups in total. The Morgan fingerprint density at radius 1 is 0.605 bits per heavy atom. The number of carboxylic acid groups (broad SMARTS) is 1. The van der Waals surface area contributed by atoms with E-state index >= 15 is 0 Å². The number of carboxylic acids is 1. The highest BCUT2D eigenvalue weighted by Crippen LogP contribution is 2.26. The molecule has 0 aliphatic carbocycles. The maximum atomic E-state index is 12.4. The van der Waals surface area contributed by atoms with Crippen LogP contribution in [0.3, 0.4) is 0 Å². The number of aromatic hydroxyl groups is 4. The number of phenols is 4. The molecule has 0 atom stereocenters. The third-order valence-electron chi connectivity index (χ3n) is 8.84. The Bertz CT molecular complexity index is 2960. The van der Waals surface area contributed by atoms with E-state index in [-0.39, 0.29) is 81.2 Å². The number of ether oxygens (including phenoxy) is 3. The van der Waals surface area contributed by atoms with Crippen LogP contribution >= 0.6 is 0 Å². The highest BCUT2D eigenvalue weighted by molar-refractivity contribution is 5.98. The van der Waals surface area contributed by atoms with Crippen LogP contribution in [0.5, 0.6) is 34.5 Å². The minimum atomic E-state index is -3.03. The third kappa shape index (κ3) is 20.8. The molecule has 76 heavy (non-hydrogen) atoms. The summed E-state index contributed by atoms with van der Waals surface area (Å²) < 4.78 is 61.8. The highest BCUT2D eigenvalue weighted by Gasteiger charge is 2.18. The van der Waals surface area contributed by atoms with Gasteiger partial charge in [-0.2, -0.15) is 27.9 Å². The standard InChI is InChI=1S/C17H14F2N4O3.C10H8F2N2O2.C8H8O3.C7H8N2O2.C7H6O3.CH5N/c18-17(19)26-13-8-4-2-6-11(13)16(25)20-9-14-21-15(23-22-14)10-5-1-3-7-12(10)24;11-10(12)16-8-4-2-1-3-7(8)9(15)14-6-5-13;1-11-8(10)6-4-2-3-5-7(6)9;8-9-7(11)5-3-1-2-4-6(5)10;8-6-4-2-1-3-5(6)7(9)10;1-2/h1-8,17,24H,9H2,(H,20,25)(H,21,22,23);1-4,10H,6H2,(H,14,15);2-5,9H,1H3;1-4,10H,8H2,(H,9,11);1-4,8H,(H,9,10);2H2,1H3. The Kier molecular flexibility index (Phi) is 27.2. The highest BCUT2D eigenvalue weighted by atomic mass is 19.3. The monoisotopic (exact) mass is 1060 g/mol. The van der Waals surface area contributed by atoms with Crippen molar-refractivity contribution in [1.29, 1.82) is 5.26 Å². The van der Waals surface area contributed by atoms with Crippen molar-refractivity contribution in [3.63, 3.8) is 0 Å². The number of aromatic nitrogens is 3. The Morgan fingerprint density at radius 3 is 1.42 bits per heavy atom. The molecule has 0 saturated carbocycles. The molecule has 1 aromatic heterocycles. The number of nitriles is 1. The number of alkyl halides is 4. The van der Waals surface area contributed by atoms with E-state index in [0.717, 1.165) is 0 Å². The van der Waals surface area contributed by atoms with Crippen molar-refractivity contribution in [2.75, 3.05) is 20.7 Å². The Labute approximate surface area is 429 Å². The van der Waals surface area contributed by atoms with E-state index in [1.54, 1.807) is 60.7 Å². The molecule has 0 spiro atoms. The third-order valence-corrected chi connectivity index (χ3v) is 8.84. The van der Waals surface area contributed by atoms with Crippen molar-refractivity contribution >= 4 is 29.7 Å². The number of H-pyrrole nitrogens is 1. The van der Waals surface area contributed by atoms with Gasteiger partial charge in [-0.25, -0.2) is 20.4 Å². The molecular weight excluding hydrogens is 1010 g/mol. The molecule has 400 valence electrons. The normalized spacial score (nSPS) is 9.64. The van der Waals surface area contributed by atoms with Crippen molar-refractivity contribution in [1.82, 2.24) is 31.2 Å².